The first kappa shape index (κ1) is 14.5. The second kappa shape index (κ2) is 6.16. The van der Waals surface area contributed by atoms with Gasteiger partial charge in [-0.1, -0.05) is 18.2 Å². The Labute approximate surface area is 125 Å². The minimum atomic E-state index is -0.214. The molecule has 4 nitrogen and oxygen atoms in total. The summed E-state index contributed by atoms with van der Waals surface area (Å²) in [7, 11) is 0. The fraction of sp³-hybridized carbons (Fsp3) is 0.588. The number of amides is 1. The Hall–Kier alpha value is -1.39. The largest absolute Gasteiger partial charge is 0.393 e. The lowest BCUT2D eigenvalue weighted by atomic mass is 9.88. The van der Waals surface area contributed by atoms with E-state index in [-0.39, 0.29) is 18.1 Å². The highest BCUT2D eigenvalue weighted by atomic mass is 16.3. The fourth-order valence-corrected chi connectivity index (χ4v) is 3.36. The Morgan fingerprint density at radius 2 is 2.00 bits per heavy atom. The summed E-state index contributed by atoms with van der Waals surface area (Å²) in [4.78, 5) is 14.4. The summed E-state index contributed by atoms with van der Waals surface area (Å²) >= 11 is 0. The Bertz CT molecular complexity index is 487. The number of nitrogens with zero attached hydrogens (tertiary/aromatic N) is 1. The molecule has 0 radical (unpaired) electrons. The van der Waals surface area contributed by atoms with E-state index in [1.807, 2.05) is 35.2 Å². The maximum Gasteiger partial charge on any atom is 0.253 e. The number of carbonyl (C=O) groups is 1. The summed E-state index contributed by atoms with van der Waals surface area (Å²) in [5.41, 5.74) is 6.84. The molecule has 21 heavy (non-hydrogen) atoms. The van der Waals surface area contributed by atoms with Crippen molar-refractivity contribution in [2.75, 3.05) is 13.1 Å². The summed E-state index contributed by atoms with van der Waals surface area (Å²) in [6.07, 6.45) is 3.76. The summed E-state index contributed by atoms with van der Waals surface area (Å²) in [5, 5.41) is 10.1. The van der Waals surface area contributed by atoms with Crippen LogP contribution in [0.1, 0.15) is 36.0 Å². The summed E-state index contributed by atoms with van der Waals surface area (Å²) in [6.45, 7) is 1.33. The van der Waals surface area contributed by atoms with Gasteiger partial charge in [0, 0.05) is 24.7 Å². The third kappa shape index (κ3) is 3.63. The molecule has 1 heterocycles. The van der Waals surface area contributed by atoms with Crippen LogP contribution in [0.5, 0.6) is 0 Å². The number of rotatable bonds is 4. The molecule has 3 unspecified atom stereocenters. The van der Waals surface area contributed by atoms with Gasteiger partial charge in [-0.3, -0.25) is 4.79 Å². The standard InChI is InChI=1S/C17H24N2O2/c18-15-8-12(9-16(20)13-6-7-13)10-19(11-15)17(21)14-4-2-1-3-5-14/h1-5,12-13,15-16,20H,6-11,18H2. The molecule has 1 aliphatic heterocycles. The van der Waals surface area contributed by atoms with E-state index in [1.54, 1.807) is 0 Å². The SMILES string of the molecule is NC1CC(CC(O)C2CC2)CN(C(=O)c2ccccc2)C1. The molecule has 3 atom stereocenters. The van der Waals surface area contributed by atoms with E-state index in [1.165, 1.54) is 0 Å². The van der Waals surface area contributed by atoms with E-state index in [0.717, 1.165) is 25.7 Å². The molecule has 1 aromatic rings. The first-order chi connectivity index (χ1) is 10.1. The van der Waals surface area contributed by atoms with Gasteiger partial charge in [-0.25, -0.2) is 0 Å². The van der Waals surface area contributed by atoms with Crippen molar-refractivity contribution < 1.29 is 9.90 Å². The van der Waals surface area contributed by atoms with Crippen molar-refractivity contribution in [1.29, 1.82) is 0 Å². The van der Waals surface area contributed by atoms with Crippen molar-refractivity contribution in [1.82, 2.24) is 4.90 Å². The van der Waals surface area contributed by atoms with Gasteiger partial charge >= 0.3 is 0 Å². The number of hydrogen-bond acceptors (Lipinski definition) is 3. The number of piperidine rings is 1. The highest BCUT2D eigenvalue weighted by molar-refractivity contribution is 5.94. The molecule has 114 valence electrons. The molecular weight excluding hydrogens is 264 g/mol. The number of nitrogens with two attached hydrogens (primary N) is 1. The molecule has 0 spiro atoms. The average molecular weight is 288 g/mol. The highest BCUT2D eigenvalue weighted by Gasteiger charge is 2.35. The number of benzene rings is 1. The quantitative estimate of drug-likeness (QED) is 0.885. The normalized spacial score (nSPS) is 27.4. The Morgan fingerprint density at radius 3 is 2.67 bits per heavy atom. The van der Waals surface area contributed by atoms with Crippen LogP contribution in [-0.2, 0) is 0 Å². The highest BCUT2D eigenvalue weighted by Crippen LogP contribution is 2.36. The Kier molecular flexibility index (Phi) is 4.27. The van der Waals surface area contributed by atoms with E-state index in [4.69, 9.17) is 5.73 Å². The lowest BCUT2D eigenvalue weighted by Gasteiger charge is -2.37. The van der Waals surface area contributed by atoms with Crippen LogP contribution in [0.3, 0.4) is 0 Å². The van der Waals surface area contributed by atoms with Gasteiger partial charge in [0.15, 0.2) is 0 Å². The van der Waals surface area contributed by atoms with Gasteiger partial charge in [0.05, 0.1) is 6.10 Å². The monoisotopic (exact) mass is 288 g/mol. The van der Waals surface area contributed by atoms with Crippen LogP contribution >= 0.6 is 0 Å². The van der Waals surface area contributed by atoms with Crippen molar-refractivity contribution >= 4 is 5.91 Å². The summed E-state index contributed by atoms with van der Waals surface area (Å²) in [5.74, 6) is 0.857. The van der Waals surface area contributed by atoms with Gasteiger partial charge in [0.1, 0.15) is 0 Å². The van der Waals surface area contributed by atoms with E-state index in [0.29, 0.717) is 30.5 Å². The minimum absolute atomic E-state index is 0.0165. The zero-order valence-electron chi connectivity index (χ0n) is 12.3. The van der Waals surface area contributed by atoms with Crippen LogP contribution in [0.4, 0.5) is 0 Å². The zero-order chi connectivity index (χ0) is 14.8. The maximum atomic E-state index is 12.5. The van der Waals surface area contributed by atoms with Crippen molar-refractivity contribution in [3.63, 3.8) is 0 Å². The van der Waals surface area contributed by atoms with Crippen LogP contribution in [-0.4, -0.2) is 41.1 Å². The molecule has 4 heteroatoms. The zero-order valence-corrected chi connectivity index (χ0v) is 12.3. The van der Waals surface area contributed by atoms with Crippen LogP contribution in [0.15, 0.2) is 30.3 Å². The number of carbonyl (C=O) groups excluding carboxylic acids is 1. The maximum absolute atomic E-state index is 12.5. The van der Waals surface area contributed by atoms with Crippen LogP contribution in [0, 0.1) is 11.8 Å². The Balaban J connectivity index is 1.63. The number of aliphatic hydroxyl groups excluding tert-OH is 1. The van der Waals surface area contributed by atoms with Crippen molar-refractivity contribution in [3.05, 3.63) is 35.9 Å². The van der Waals surface area contributed by atoms with Gasteiger partial charge in [0.2, 0.25) is 0 Å². The molecule has 3 N–H and O–H groups in total. The molecule has 1 saturated carbocycles. The molecule has 2 aliphatic rings. The van der Waals surface area contributed by atoms with E-state index in [2.05, 4.69) is 0 Å². The lowest BCUT2D eigenvalue weighted by molar-refractivity contribution is 0.0546. The number of likely N-dealkylation sites (tertiary alicyclic amines) is 1. The van der Waals surface area contributed by atoms with E-state index in [9.17, 15) is 9.90 Å². The van der Waals surface area contributed by atoms with Crippen LogP contribution in [0.2, 0.25) is 0 Å². The Morgan fingerprint density at radius 1 is 1.29 bits per heavy atom. The smallest absolute Gasteiger partial charge is 0.253 e. The minimum Gasteiger partial charge on any atom is -0.393 e. The third-order valence-corrected chi connectivity index (χ3v) is 4.62. The predicted octanol–water partition coefficient (Wildman–Crippen LogP) is 1.64. The van der Waals surface area contributed by atoms with Crippen molar-refractivity contribution in [3.8, 4) is 0 Å². The van der Waals surface area contributed by atoms with Crippen LogP contribution < -0.4 is 5.73 Å². The molecule has 1 aliphatic carbocycles. The predicted molar refractivity (Wildman–Crippen MR) is 81.8 cm³/mol. The second-order valence-corrected chi connectivity index (χ2v) is 6.58. The number of aliphatic hydroxyl groups is 1. The first-order valence-electron chi connectivity index (χ1n) is 7.91. The molecule has 1 aromatic carbocycles. The first-order valence-corrected chi connectivity index (χ1v) is 7.91. The second-order valence-electron chi connectivity index (χ2n) is 6.58. The molecular formula is C17H24N2O2. The number of hydrogen-bond donors (Lipinski definition) is 2. The van der Waals surface area contributed by atoms with Gasteiger partial charge in [-0.2, -0.15) is 0 Å². The topological polar surface area (TPSA) is 66.6 Å². The van der Waals surface area contributed by atoms with Gasteiger partial charge in [-0.05, 0) is 49.7 Å². The average Bonchev–Trinajstić information content (AvgIpc) is 3.31. The van der Waals surface area contributed by atoms with Crippen molar-refractivity contribution in [2.45, 2.75) is 37.8 Å². The van der Waals surface area contributed by atoms with E-state index >= 15 is 0 Å². The van der Waals surface area contributed by atoms with Gasteiger partial charge in [-0.15, -0.1) is 0 Å². The van der Waals surface area contributed by atoms with Gasteiger partial charge in [0.25, 0.3) is 5.91 Å². The van der Waals surface area contributed by atoms with Crippen molar-refractivity contribution in [2.24, 2.45) is 17.6 Å². The third-order valence-electron chi connectivity index (χ3n) is 4.62. The van der Waals surface area contributed by atoms with E-state index < -0.39 is 0 Å². The molecule has 2 fully saturated rings. The molecule has 1 amide bonds. The fourth-order valence-electron chi connectivity index (χ4n) is 3.36. The van der Waals surface area contributed by atoms with Crippen LogP contribution in [0.25, 0.3) is 0 Å². The van der Waals surface area contributed by atoms with Gasteiger partial charge < -0.3 is 15.7 Å². The molecule has 3 rings (SSSR count). The summed E-state index contributed by atoms with van der Waals surface area (Å²) in [6, 6.07) is 9.38. The molecule has 0 aromatic heterocycles. The molecule has 1 saturated heterocycles. The summed E-state index contributed by atoms with van der Waals surface area (Å²) < 4.78 is 0. The lowest BCUT2D eigenvalue weighted by Crippen LogP contribution is -2.50. The molecule has 0 bridgehead atoms.